The van der Waals surface area contributed by atoms with E-state index in [1.54, 1.807) is 10.9 Å². The SMILES string of the molecule is O=C(NCCN1CCCCC1)c1cn(C2CNC2)nn1. The number of piperidine rings is 1. The number of nitrogens with zero attached hydrogens (tertiary/aromatic N) is 4. The van der Waals surface area contributed by atoms with Crippen molar-refractivity contribution < 1.29 is 4.79 Å². The van der Waals surface area contributed by atoms with Gasteiger partial charge in [-0.15, -0.1) is 5.10 Å². The summed E-state index contributed by atoms with van der Waals surface area (Å²) >= 11 is 0. The molecule has 2 saturated heterocycles. The molecule has 20 heavy (non-hydrogen) atoms. The Kier molecular flexibility index (Phi) is 4.27. The number of likely N-dealkylation sites (tertiary alicyclic amines) is 1. The van der Waals surface area contributed by atoms with Crippen LogP contribution >= 0.6 is 0 Å². The fourth-order valence-corrected chi connectivity index (χ4v) is 2.62. The van der Waals surface area contributed by atoms with Gasteiger partial charge in [0.2, 0.25) is 0 Å². The molecule has 0 unspecified atom stereocenters. The van der Waals surface area contributed by atoms with Gasteiger partial charge >= 0.3 is 0 Å². The Bertz CT molecular complexity index is 449. The van der Waals surface area contributed by atoms with Crippen LogP contribution in [0.3, 0.4) is 0 Å². The zero-order valence-corrected chi connectivity index (χ0v) is 11.7. The highest BCUT2D eigenvalue weighted by Gasteiger charge is 2.21. The minimum atomic E-state index is -0.124. The van der Waals surface area contributed by atoms with Crippen molar-refractivity contribution in [2.75, 3.05) is 39.3 Å². The lowest BCUT2D eigenvalue weighted by Gasteiger charge is -2.26. The second-order valence-corrected chi connectivity index (χ2v) is 5.55. The van der Waals surface area contributed by atoms with Gasteiger partial charge in [-0.1, -0.05) is 11.6 Å². The maximum absolute atomic E-state index is 12.0. The van der Waals surface area contributed by atoms with Crippen molar-refractivity contribution in [3.05, 3.63) is 11.9 Å². The lowest BCUT2D eigenvalue weighted by molar-refractivity contribution is 0.0941. The lowest BCUT2D eigenvalue weighted by atomic mass is 10.1. The van der Waals surface area contributed by atoms with Crippen LogP contribution in [0.2, 0.25) is 0 Å². The highest BCUT2D eigenvalue weighted by atomic mass is 16.2. The maximum Gasteiger partial charge on any atom is 0.273 e. The molecule has 2 fully saturated rings. The monoisotopic (exact) mass is 278 g/mol. The van der Waals surface area contributed by atoms with Crippen molar-refractivity contribution in [3.63, 3.8) is 0 Å². The Morgan fingerprint density at radius 2 is 2.15 bits per heavy atom. The molecule has 0 aromatic carbocycles. The van der Waals surface area contributed by atoms with Crippen LogP contribution in [0, 0.1) is 0 Å². The quantitative estimate of drug-likeness (QED) is 0.769. The summed E-state index contributed by atoms with van der Waals surface area (Å²) in [5, 5.41) is 14.1. The highest BCUT2D eigenvalue weighted by molar-refractivity contribution is 5.91. The predicted octanol–water partition coefficient (Wildman–Crippen LogP) is -0.362. The molecule has 1 aromatic rings. The molecule has 0 aliphatic carbocycles. The third kappa shape index (κ3) is 3.16. The van der Waals surface area contributed by atoms with Crippen LogP contribution < -0.4 is 10.6 Å². The first-order chi connectivity index (χ1) is 9.83. The molecule has 110 valence electrons. The molecular formula is C13H22N6O. The smallest absolute Gasteiger partial charge is 0.273 e. The fourth-order valence-electron chi connectivity index (χ4n) is 2.62. The van der Waals surface area contributed by atoms with Crippen LogP contribution in [0.15, 0.2) is 6.20 Å². The zero-order valence-electron chi connectivity index (χ0n) is 11.7. The average Bonchev–Trinajstić information content (AvgIpc) is 2.87. The molecule has 3 rings (SSSR count). The van der Waals surface area contributed by atoms with Gasteiger partial charge < -0.3 is 15.5 Å². The fraction of sp³-hybridized carbons (Fsp3) is 0.769. The summed E-state index contributed by atoms with van der Waals surface area (Å²) in [5.74, 6) is -0.124. The van der Waals surface area contributed by atoms with E-state index in [1.165, 1.54) is 19.3 Å². The van der Waals surface area contributed by atoms with E-state index < -0.39 is 0 Å². The molecular weight excluding hydrogens is 256 g/mol. The van der Waals surface area contributed by atoms with Crippen molar-refractivity contribution in [2.24, 2.45) is 0 Å². The number of hydrogen-bond acceptors (Lipinski definition) is 5. The Morgan fingerprint density at radius 1 is 1.35 bits per heavy atom. The second kappa shape index (κ2) is 6.32. The number of carbonyl (C=O) groups excluding carboxylic acids is 1. The third-order valence-electron chi connectivity index (χ3n) is 4.04. The minimum Gasteiger partial charge on any atom is -0.349 e. The number of aromatic nitrogens is 3. The first-order valence-corrected chi connectivity index (χ1v) is 7.46. The van der Waals surface area contributed by atoms with Gasteiger partial charge in [-0.25, -0.2) is 4.68 Å². The number of nitrogens with one attached hydrogen (secondary N) is 2. The number of amides is 1. The molecule has 1 aromatic heterocycles. The molecule has 0 saturated carbocycles. The van der Waals surface area contributed by atoms with E-state index in [9.17, 15) is 4.79 Å². The molecule has 2 aliphatic heterocycles. The zero-order chi connectivity index (χ0) is 13.8. The number of carbonyl (C=O) groups is 1. The Hall–Kier alpha value is -1.47. The van der Waals surface area contributed by atoms with Crippen molar-refractivity contribution in [3.8, 4) is 0 Å². The van der Waals surface area contributed by atoms with E-state index in [2.05, 4.69) is 25.8 Å². The summed E-state index contributed by atoms with van der Waals surface area (Å²) in [6, 6.07) is 0.345. The predicted molar refractivity (Wildman–Crippen MR) is 74.6 cm³/mol. The average molecular weight is 278 g/mol. The Morgan fingerprint density at radius 3 is 2.85 bits per heavy atom. The van der Waals surface area contributed by atoms with Crippen LogP contribution in [0.25, 0.3) is 0 Å². The summed E-state index contributed by atoms with van der Waals surface area (Å²) in [5.41, 5.74) is 0.413. The molecule has 3 heterocycles. The van der Waals surface area contributed by atoms with Crippen LogP contribution in [0.1, 0.15) is 35.8 Å². The van der Waals surface area contributed by atoms with Crippen molar-refractivity contribution >= 4 is 5.91 Å². The molecule has 1 amide bonds. The van der Waals surface area contributed by atoms with Crippen molar-refractivity contribution in [1.82, 2.24) is 30.5 Å². The molecule has 2 N–H and O–H groups in total. The minimum absolute atomic E-state index is 0.124. The second-order valence-electron chi connectivity index (χ2n) is 5.55. The van der Waals surface area contributed by atoms with Crippen LogP contribution in [-0.2, 0) is 0 Å². The van der Waals surface area contributed by atoms with Gasteiger partial charge in [0.05, 0.1) is 12.2 Å². The van der Waals surface area contributed by atoms with Gasteiger partial charge in [-0.2, -0.15) is 0 Å². The van der Waals surface area contributed by atoms with E-state index in [-0.39, 0.29) is 5.91 Å². The lowest BCUT2D eigenvalue weighted by Crippen LogP contribution is -2.43. The Balaban J connectivity index is 1.42. The Labute approximate surface area is 118 Å². The standard InChI is InChI=1S/C13H22N6O/c20-13(15-4-7-18-5-2-1-3-6-18)12-10-19(17-16-12)11-8-14-9-11/h10-11,14H,1-9H2,(H,15,20). The number of rotatable bonds is 5. The first kappa shape index (κ1) is 13.5. The van der Waals surface area contributed by atoms with Gasteiger partial charge in [0.1, 0.15) is 0 Å². The summed E-state index contributed by atoms with van der Waals surface area (Å²) in [4.78, 5) is 14.4. The van der Waals surface area contributed by atoms with Crippen molar-refractivity contribution in [1.29, 1.82) is 0 Å². The molecule has 0 bridgehead atoms. The van der Waals surface area contributed by atoms with Crippen molar-refractivity contribution in [2.45, 2.75) is 25.3 Å². The molecule has 7 nitrogen and oxygen atoms in total. The highest BCUT2D eigenvalue weighted by Crippen LogP contribution is 2.10. The third-order valence-corrected chi connectivity index (χ3v) is 4.04. The van der Waals surface area contributed by atoms with E-state index in [0.717, 1.165) is 32.7 Å². The van der Waals surface area contributed by atoms with E-state index in [1.807, 2.05) is 0 Å². The topological polar surface area (TPSA) is 75.1 Å². The van der Waals surface area contributed by atoms with Crippen LogP contribution in [-0.4, -0.2) is 65.1 Å². The van der Waals surface area contributed by atoms with Gasteiger partial charge in [0.15, 0.2) is 5.69 Å². The summed E-state index contributed by atoms with van der Waals surface area (Å²) in [6.07, 6.45) is 5.62. The molecule has 7 heteroatoms. The molecule has 0 spiro atoms. The van der Waals surface area contributed by atoms with Crippen LogP contribution in [0.4, 0.5) is 0 Å². The maximum atomic E-state index is 12.0. The van der Waals surface area contributed by atoms with Gasteiger partial charge in [-0.05, 0) is 25.9 Å². The van der Waals surface area contributed by atoms with Gasteiger partial charge in [0.25, 0.3) is 5.91 Å². The molecule has 2 aliphatic rings. The molecule has 0 radical (unpaired) electrons. The van der Waals surface area contributed by atoms with Gasteiger partial charge in [0, 0.05) is 26.2 Å². The molecule has 0 atom stereocenters. The number of hydrogen-bond donors (Lipinski definition) is 2. The van der Waals surface area contributed by atoms with E-state index in [4.69, 9.17) is 0 Å². The first-order valence-electron chi connectivity index (χ1n) is 7.46. The van der Waals surface area contributed by atoms with E-state index >= 15 is 0 Å². The normalized spacial score (nSPS) is 20.6. The summed E-state index contributed by atoms with van der Waals surface area (Å²) < 4.78 is 1.77. The van der Waals surface area contributed by atoms with Crippen LogP contribution in [0.5, 0.6) is 0 Å². The summed E-state index contributed by atoms with van der Waals surface area (Å²) in [6.45, 7) is 5.71. The summed E-state index contributed by atoms with van der Waals surface area (Å²) in [7, 11) is 0. The van der Waals surface area contributed by atoms with Gasteiger partial charge in [-0.3, -0.25) is 4.79 Å². The largest absolute Gasteiger partial charge is 0.349 e. The van der Waals surface area contributed by atoms with E-state index in [0.29, 0.717) is 18.3 Å².